The Labute approximate surface area is 255 Å². The molecule has 4 aromatic carbocycles. The summed E-state index contributed by atoms with van der Waals surface area (Å²) < 4.78 is 4.84. The van der Waals surface area contributed by atoms with Crippen LogP contribution in [0.1, 0.15) is 11.1 Å². The standard InChI is InChI=1S/C32H22Cl2N2O2Se2/c1-35-29(19-3-11-23(12-4-19)39-25-15-7-21(33)8-16-25)27-28(31(35)37)30(36(2)32(27)38)20-5-13-24(14-6-20)40-26-17-9-22(34)10-18-26/h3-18H,1-2H3. The van der Waals surface area contributed by atoms with Gasteiger partial charge in [-0.05, 0) is 0 Å². The monoisotopic (exact) mass is 696 g/mol. The van der Waals surface area contributed by atoms with Gasteiger partial charge in [0.05, 0.1) is 0 Å². The molecule has 2 heterocycles. The second kappa shape index (κ2) is 11.1. The van der Waals surface area contributed by atoms with E-state index in [9.17, 15) is 9.59 Å². The Hall–Kier alpha value is -3.08. The van der Waals surface area contributed by atoms with E-state index in [-0.39, 0.29) is 41.7 Å². The van der Waals surface area contributed by atoms with Crippen LogP contribution < -0.4 is 17.8 Å². The molecule has 0 fully saturated rings. The molecule has 0 aliphatic carbocycles. The predicted molar refractivity (Wildman–Crippen MR) is 165 cm³/mol. The van der Waals surface area contributed by atoms with Gasteiger partial charge in [0.1, 0.15) is 0 Å². The Morgan fingerprint density at radius 3 is 1.05 bits per heavy atom. The van der Waals surface area contributed by atoms with Gasteiger partial charge in [0, 0.05) is 0 Å². The molecule has 0 aromatic heterocycles. The minimum absolute atomic E-state index is 0.126. The van der Waals surface area contributed by atoms with E-state index in [0.717, 1.165) is 21.2 Å². The molecule has 198 valence electrons. The van der Waals surface area contributed by atoms with Crippen LogP contribution in [0.25, 0.3) is 11.4 Å². The van der Waals surface area contributed by atoms with Crippen molar-refractivity contribution < 1.29 is 9.59 Å². The molecule has 2 aliphatic heterocycles. The third kappa shape index (κ3) is 5.08. The number of hydrogen-bond acceptors (Lipinski definition) is 2. The SMILES string of the molecule is CN1C(=O)C2=C(c3ccc([Se]c4ccc(Cl)cc4)cc3)N(C)C(=O)C2=C1c1ccc([Se]c2ccc(Cl)cc2)cc1. The van der Waals surface area contributed by atoms with Gasteiger partial charge < -0.3 is 0 Å². The Morgan fingerprint density at radius 2 is 0.750 bits per heavy atom. The number of likely N-dealkylation sites (N-methyl/N-ethyl adjacent to an activating group) is 2. The molecule has 0 spiro atoms. The van der Waals surface area contributed by atoms with Gasteiger partial charge in [-0.3, -0.25) is 0 Å². The molecule has 0 saturated heterocycles. The molecule has 8 heteroatoms. The molecule has 0 saturated carbocycles. The van der Waals surface area contributed by atoms with Crippen molar-refractivity contribution in [2.75, 3.05) is 14.1 Å². The maximum atomic E-state index is 13.5. The van der Waals surface area contributed by atoms with Crippen LogP contribution in [0.15, 0.2) is 108 Å². The molecule has 0 radical (unpaired) electrons. The van der Waals surface area contributed by atoms with E-state index >= 15 is 0 Å². The van der Waals surface area contributed by atoms with Crippen LogP contribution in [0.2, 0.25) is 10.0 Å². The van der Waals surface area contributed by atoms with Crippen LogP contribution in [-0.4, -0.2) is 65.6 Å². The summed E-state index contributed by atoms with van der Waals surface area (Å²) >= 11 is 12.3. The van der Waals surface area contributed by atoms with Crippen LogP contribution in [0.3, 0.4) is 0 Å². The number of rotatable bonds is 6. The van der Waals surface area contributed by atoms with E-state index < -0.39 is 0 Å². The summed E-state index contributed by atoms with van der Waals surface area (Å²) in [6, 6.07) is 32.1. The second-order valence-electron chi connectivity index (χ2n) is 9.34. The Bertz CT molecular complexity index is 1570. The van der Waals surface area contributed by atoms with E-state index in [4.69, 9.17) is 23.2 Å². The average molecular weight is 695 g/mol. The number of benzene rings is 4. The van der Waals surface area contributed by atoms with Crippen molar-refractivity contribution in [1.82, 2.24) is 9.80 Å². The minimum atomic E-state index is -0.165. The number of amides is 2. The van der Waals surface area contributed by atoms with Gasteiger partial charge in [0.15, 0.2) is 0 Å². The van der Waals surface area contributed by atoms with E-state index in [0.29, 0.717) is 22.5 Å². The Balaban J connectivity index is 1.31. The average Bonchev–Trinajstić information content (AvgIpc) is 3.37. The fourth-order valence-corrected chi connectivity index (χ4v) is 8.52. The van der Waals surface area contributed by atoms with Gasteiger partial charge in [0.2, 0.25) is 0 Å². The number of halogens is 2. The number of carbonyl (C=O) groups is 2. The summed E-state index contributed by atoms with van der Waals surface area (Å²) in [5.74, 6) is -0.330. The maximum absolute atomic E-state index is 13.5. The fourth-order valence-electron chi connectivity index (χ4n) is 4.84. The second-order valence-corrected chi connectivity index (χ2v) is 15.0. The zero-order valence-corrected chi connectivity index (χ0v) is 26.5. The normalized spacial score (nSPS) is 15.0. The molecule has 6 rings (SSSR count). The molecule has 0 bridgehead atoms. The molecule has 0 unspecified atom stereocenters. The number of nitrogens with zero attached hydrogens (tertiary/aromatic N) is 2. The Morgan fingerprint density at radius 1 is 0.475 bits per heavy atom. The van der Waals surface area contributed by atoms with Gasteiger partial charge in [-0.15, -0.1) is 0 Å². The van der Waals surface area contributed by atoms with Crippen molar-refractivity contribution in [3.63, 3.8) is 0 Å². The van der Waals surface area contributed by atoms with Crippen molar-refractivity contribution >= 4 is 94.2 Å². The quantitative estimate of drug-likeness (QED) is 0.291. The molecule has 4 nitrogen and oxygen atoms in total. The zero-order valence-electron chi connectivity index (χ0n) is 21.5. The first-order valence-electron chi connectivity index (χ1n) is 12.4. The fraction of sp³-hybridized carbons (Fsp3) is 0.0625. The van der Waals surface area contributed by atoms with Crippen molar-refractivity contribution in [3.05, 3.63) is 129 Å². The van der Waals surface area contributed by atoms with Crippen LogP contribution in [-0.2, 0) is 9.59 Å². The summed E-state index contributed by atoms with van der Waals surface area (Å²) in [4.78, 5) is 30.3. The van der Waals surface area contributed by atoms with Crippen LogP contribution in [0.4, 0.5) is 0 Å². The van der Waals surface area contributed by atoms with Crippen molar-refractivity contribution in [3.8, 4) is 0 Å². The summed E-state index contributed by atoms with van der Waals surface area (Å²) in [5.41, 5.74) is 3.94. The third-order valence-electron chi connectivity index (χ3n) is 6.79. The molecule has 0 N–H and O–H groups in total. The van der Waals surface area contributed by atoms with Crippen molar-refractivity contribution in [2.24, 2.45) is 0 Å². The first-order valence-corrected chi connectivity index (χ1v) is 16.6. The van der Waals surface area contributed by atoms with Gasteiger partial charge in [0.25, 0.3) is 0 Å². The molecule has 40 heavy (non-hydrogen) atoms. The number of carbonyl (C=O) groups excluding carboxylic acids is 2. The van der Waals surface area contributed by atoms with Crippen molar-refractivity contribution in [1.29, 1.82) is 0 Å². The number of fused-ring (bicyclic) bond motifs is 1. The van der Waals surface area contributed by atoms with E-state index in [1.807, 2.05) is 72.8 Å². The van der Waals surface area contributed by atoms with Gasteiger partial charge in [-0.1, -0.05) is 0 Å². The van der Waals surface area contributed by atoms with Crippen LogP contribution >= 0.6 is 23.2 Å². The zero-order chi connectivity index (χ0) is 28.0. The molecule has 0 atom stereocenters. The molecule has 2 aliphatic rings. The summed E-state index contributed by atoms with van der Waals surface area (Å²) in [6.45, 7) is 0. The predicted octanol–water partition coefficient (Wildman–Crippen LogP) is 3.37. The first-order chi connectivity index (χ1) is 19.3. The Kier molecular flexibility index (Phi) is 7.50. The van der Waals surface area contributed by atoms with Crippen LogP contribution in [0.5, 0.6) is 0 Å². The third-order valence-corrected chi connectivity index (χ3v) is 11.6. The molecular weight excluding hydrogens is 673 g/mol. The van der Waals surface area contributed by atoms with Gasteiger partial charge >= 0.3 is 257 Å². The molecule has 2 amide bonds. The summed E-state index contributed by atoms with van der Waals surface area (Å²) in [7, 11) is 3.48. The summed E-state index contributed by atoms with van der Waals surface area (Å²) in [6.07, 6.45) is 0. The van der Waals surface area contributed by atoms with E-state index in [1.165, 1.54) is 17.8 Å². The van der Waals surface area contributed by atoms with Crippen LogP contribution in [0, 0.1) is 0 Å². The molecule has 4 aromatic rings. The topological polar surface area (TPSA) is 40.6 Å². The van der Waals surface area contributed by atoms with Gasteiger partial charge in [-0.2, -0.15) is 0 Å². The summed E-state index contributed by atoms with van der Waals surface area (Å²) in [5, 5.41) is 1.45. The van der Waals surface area contributed by atoms with E-state index in [1.54, 1.807) is 23.9 Å². The first kappa shape index (κ1) is 27.1. The van der Waals surface area contributed by atoms with Crippen molar-refractivity contribution in [2.45, 2.75) is 0 Å². The number of hydrogen-bond donors (Lipinski definition) is 0. The molecular formula is C32H22Cl2N2O2Se2. The van der Waals surface area contributed by atoms with Gasteiger partial charge in [-0.25, -0.2) is 0 Å². The van der Waals surface area contributed by atoms with E-state index in [2.05, 4.69) is 24.3 Å².